The van der Waals surface area contributed by atoms with Crippen molar-refractivity contribution < 1.29 is 9.53 Å². The van der Waals surface area contributed by atoms with Crippen LogP contribution in [0.2, 0.25) is 0 Å². The van der Waals surface area contributed by atoms with Crippen molar-refractivity contribution in [3.8, 4) is 5.88 Å². The molecular formula is C15H22N4O2. The first-order chi connectivity index (χ1) is 9.99. The van der Waals surface area contributed by atoms with E-state index in [0.29, 0.717) is 11.9 Å². The van der Waals surface area contributed by atoms with Gasteiger partial charge in [0.25, 0.3) is 5.91 Å². The number of carbonyl (C=O) groups excluding carboxylic acids is 1. The summed E-state index contributed by atoms with van der Waals surface area (Å²) < 4.78 is 5.17. The SMILES string of the molecule is COc1ncc(NC2CC2)nc1C(=O)NC1CCC1(C)C. The Kier molecular flexibility index (Phi) is 3.47. The summed E-state index contributed by atoms with van der Waals surface area (Å²) in [6.45, 7) is 4.32. The maximum Gasteiger partial charge on any atom is 0.275 e. The first kappa shape index (κ1) is 14.1. The topological polar surface area (TPSA) is 76.1 Å². The standard InChI is InChI=1S/C15H22N4O2/c1-15(2)7-6-10(15)18-13(20)12-14(21-3)16-8-11(19-12)17-9-4-5-9/h8-10H,4-7H2,1-3H3,(H,17,19)(H,18,20). The van der Waals surface area contributed by atoms with Crippen molar-refractivity contribution >= 4 is 11.7 Å². The molecule has 114 valence electrons. The fourth-order valence-electron chi connectivity index (χ4n) is 2.54. The van der Waals surface area contributed by atoms with Gasteiger partial charge in [-0.05, 0) is 31.1 Å². The summed E-state index contributed by atoms with van der Waals surface area (Å²) in [5, 5.41) is 6.30. The summed E-state index contributed by atoms with van der Waals surface area (Å²) in [6.07, 6.45) is 6.04. The molecule has 0 bridgehead atoms. The van der Waals surface area contributed by atoms with Crippen molar-refractivity contribution in [2.45, 2.75) is 51.6 Å². The second kappa shape index (κ2) is 5.16. The highest BCUT2D eigenvalue weighted by Crippen LogP contribution is 2.40. The molecule has 6 nitrogen and oxygen atoms in total. The van der Waals surface area contributed by atoms with E-state index < -0.39 is 0 Å². The zero-order chi connectivity index (χ0) is 15.0. The molecule has 1 heterocycles. The van der Waals surface area contributed by atoms with E-state index in [1.165, 1.54) is 7.11 Å². The van der Waals surface area contributed by atoms with E-state index in [1.807, 2.05) is 0 Å². The van der Waals surface area contributed by atoms with Crippen LogP contribution in [0.4, 0.5) is 5.82 Å². The number of carbonyl (C=O) groups is 1. The molecule has 0 aliphatic heterocycles. The van der Waals surface area contributed by atoms with Crippen molar-refractivity contribution in [3.05, 3.63) is 11.9 Å². The molecule has 6 heteroatoms. The van der Waals surface area contributed by atoms with Crippen LogP contribution in [0.5, 0.6) is 5.88 Å². The molecule has 3 rings (SSSR count). The number of anilines is 1. The molecule has 2 N–H and O–H groups in total. The molecule has 2 fully saturated rings. The molecule has 21 heavy (non-hydrogen) atoms. The molecule has 0 spiro atoms. The maximum atomic E-state index is 12.4. The van der Waals surface area contributed by atoms with Gasteiger partial charge in [0, 0.05) is 12.1 Å². The van der Waals surface area contributed by atoms with Crippen LogP contribution < -0.4 is 15.4 Å². The average Bonchev–Trinajstić information content (AvgIpc) is 3.27. The van der Waals surface area contributed by atoms with Gasteiger partial charge in [-0.3, -0.25) is 4.79 Å². The second-order valence-corrected chi connectivity index (χ2v) is 6.59. The van der Waals surface area contributed by atoms with Crippen LogP contribution in [0, 0.1) is 5.41 Å². The molecule has 1 aromatic rings. The summed E-state index contributed by atoms with van der Waals surface area (Å²) in [7, 11) is 1.50. The van der Waals surface area contributed by atoms with Crippen LogP contribution in [0.25, 0.3) is 0 Å². The second-order valence-electron chi connectivity index (χ2n) is 6.59. The van der Waals surface area contributed by atoms with E-state index in [2.05, 4.69) is 34.4 Å². The molecule has 0 saturated heterocycles. The molecule has 0 aromatic carbocycles. The van der Waals surface area contributed by atoms with Gasteiger partial charge in [0.05, 0.1) is 13.3 Å². The predicted octanol–water partition coefficient (Wildman–Crippen LogP) is 1.98. The fraction of sp³-hybridized carbons (Fsp3) is 0.667. The maximum absolute atomic E-state index is 12.4. The Hall–Kier alpha value is -1.85. The Morgan fingerprint density at radius 1 is 1.38 bits per heavy atom. The molecular weight excluding hydrogens is 268 g/mol. The summed E-state index contributed by atoms with van der Waals surface area (Å²) in [5.74, 6) is 0.693. The Labute approximate surface area is 124 Å². The number of rotatable bonds is 5. The number of amides is 1. The van der Waals surface area contributed by atoms with Crippen LogP contribution in [0.3, 0.4) is 0 Å². The van der Waals surface area contributed by atoms with E-state index in [0.717, 1.165) is 25.7 Å². The predicted molar refractivity (Wildman–Crippen MR) is 79.5 cm³/mol. The van der Waals surface area contributed by atoms with Crippen molar-refractivity contribution in [1.29, 1.82) is 0 Å². The number of nitrogens with zero attached hydrogens (tertiary/aromatic N) is 2. The van der Waals surface area contributed by atoms with Gasteiger partial charge in [-0.2, -0.15) is 0 Å². The van der Waals surface area contributed by atoms with Gasteiger partial charge < -0.3 is 15.4 Å². The van der Waals surface area contributed by atoms with Gasteiger partial charge in [0.15, 0.2) is 5.69 Å². The number of ether oxygens (including phenoxy) is 1. The van der Waals surface area contributed by atoms with Gasteiger partial charge in [0.2, 0.25) is 5.88 Å². The summed E-state index contributed by atoms with van der Waals surface area (Å²) in [4.78, 5) is 21.0. The number of nitrogens with one attached hydrogen (secondary N) is 2. The molecule has 2 aliphatic carbocycles. The highest BCUT2D eigenvalue weighted by atomic mass is 16.5. The monoisotopic (exact) mass is 290 g/mol. The Bertz CT molecular complexity index is 555. The minimum Gasteiger partial charge on any atom is -0.479 e. The molecule has 1 aromatic heterocycles. The van der Waals surface area contributed by atoms with E-state index in [-0.39, 0.29) is 28.9 Å². The quantitative estimate of drug-likeness (QED) is 0.867. The van der Waals surface area contributed by atoms with E-state index in [1.54, 1.807) is 6.20 Å². The van der Waals surface area contributed by atoms with Gasteiger partial charge in [0.1, 0.15) is 5.82 Å². The molecule has 1 atom stereocenters. The molecule has 2 saturated carbocycles. The number of hydrogen-bond donors (Lipinski definition) is 2. The normalized spacial score (nSPS) is 23.1. The van der Waals surface area contributed by atoms with Crippen LogP contribution in [0.15, 0.2) is 6.20 Å². The lowest BCUT2D eigenvalue weighted by Gasteiger charge is -2.44. The molecule has 1 unspecified atom stereocenters. The van der Waals surface area contributed by atoms with E-state index >= 15 is 0 Å². The largest absolute Gasteiger partial charge is 0.479 e. The van der Waals surface area contributed by atoms with Crippen molar-refractivity contribution in [1.82, 2.24) is 15.3 Å². The summed E-state index contributed by atoms with van der Waals surface area (Å²) >= 11 is 0. The first-order valence-corrected chi connectivity index (χ1v) is 7.48. The van der Waals surface area contributed by atoms with Gasteiger partial charge >= 0.3 is 0 Å². The van der Waals surface area contributed by atoms with Crippen molar-refractivity contribution in [2.75, 3.05) is 12.4 Å². The lowest BCUT2D eigenvalue weighted by molar-refractivity contribution is 0.0724. The molecule has 0 radical (unpaired) electrons. The van der Waals surface area contributed by atoms with E-state index in [4.69, 9.17) is 4.74 Å². The third kappa shape index (κ3) is 2.94. The van der Waals surface area contributed by atoms with Crippen LogP contribution in [-0.4, -0.2) is 35.1 Å². The van der Waals surface area contributed by atoms with Gasteiger partial charge in [-0.1, -0.05) is 13.8 Å². The Morgan fingerprint density at radius 2 is 2.14 bits per heavy atom. The third-order valence-electron chi connectivity index (χ3n) is 4.40. The highest BCUT2D eigenvalue weighted by molar-refractivity contribution is 5.95. The molecule has 1 amide bonds. The Morgan fingerprint density at radius 3 is 2.67 bits per heavy atom. The fourth-order valence-corrected chi connectivity index (χ4v) is 2.54. The zero-order valence-corrected chi connectivity index (χ0v) is 12.8. The minimum atomic E-state index is -0.212. The zero-order valence-electron chi connectivity index (χ0n) is 12.8. The number of hydrogen-bond acceptors (Lipinski definition) is 5. The van der Waals surface area contributed by atoms with Crippen LogP contribution >= 0.6 is 0 Å². The number of methoxy groups -OCH3 is 1. The summed E-state index contributed by atoms with van der Waals surface area (Å²) in [6, 6.07) is 0.658. The molecule has 2 aliphatic rings. The minimum absolute atomic E-state index is 0.153. The smallest absolute Gasteiger partial charge is 0.275 e. The first-order valence-electron chi connectivity index (χ1n) is 7.48. The Balaban J connectivity index is 1.76. The lowest BCUT2D eigenvalue weighted by Crippen LogP contribution is -2.52. The highest BCUT2D eigenvalue weighted by Gasteiger charge is 2.40. The third-order valence-corrected chi connectivity index (χ3v) is 4.40. The van der Waals surface area contributed by atoms with Crippen molar-refractivity contribution in [3.63, 3.8) is 0 Å². The average molecular weight is 290 g/mol. The lowest BCUT2D eigenvalue weighted by atomic mass is 9.67. The van der Waals surface area contributed by atoms with Crippen molar-refractivity contribution in [2.24, 2.45) is 5.41 Å². The van der Waals surface area contributed by atoms with Gasteiger partial charge in [-0.25, -0.2) is 9.97 Å². The van der Waals surface area contributed by atoms with E-state index in [9.17, 15) is 4.79 Å². The summed E-state index contributed by atoms with van der Waals surface area (Å²) in [5.41, 5.74) is 0.408. The van der Waals surface area contributed by atoms with Crippen LogP contribution in [-0.2, 0) is 0 Å². The van der Waals surface area contributed by atoms with Crippen LogP contribution in [0.1, 0.15) is 50.0 Å². The number of aromatic nitrogens is 2. The van der Waals surface area contributed by atoms with Gasteiger partial charge in [-0.15, -0.1) is 0 Å².